The lowest BCUT2D eigenvalue weighted by Gasteiger charge is -2.11. The Balaban J connectivity index is 1.92. The molecule has 0 aliphatic heterocycles. The van der Waals surface area contributed by atoms with Crippen molar-refractivity contribution in [3.63, 3.8) is 0 Å². The van der Waals surface area contributed by atoms with Gasteiger partial charge in [0.15, 0.2) is 0 Å². The van der Waals surface area contributed by atoms with E-state index < -0.39 is 6.10 Å². The summed E-state index contributed by atoms with van der Waals surface area (Å²) in [5, 5.41) is 18.6. The fourth-order valence-corrected chi connectivity index (χ4v) is 3.15. The van der Waals surface area contributed by atoms with Crippen molar-refractivity contribution in [2.24, 2.45) is 0 Å². The van der Waals surface area contributed by atoms with Crippen LogP contribution in [0, 0.1) is 0 Å². The molecule has 0 saturated carbocycles. The number of hydrogen-bond acceptors (Lipinski definition) is 5. The maximum atomic E-state index is 9.28. The van der Waals surface area contributed by atoms with Gasteiger partial charge in [0.25, 0.3) is 0 Å². The predicted octanol–water partition coefficient (Wildman–Crippen LogP) is 4.23. The van der Waals surface area contributed by atoms with Gasteiger partial charge < -0.3 is 19.7 Å². The van der Waals surface area contributed by atoms with Crippen molar-refractivity contribution in [3.8, 4) is 11.5 Å². The Labute approximate surface area is 161 Å². The van der Waals surface area contributed by atoms with E-state index in [1.165, 1.54) is 0 Å². The van der Waals surface area contributed by atoms with E-state index >= 15 is 0 Å². The second-order valence-electron chi connectivity index (χ2n) is 5.20. The van der Waals surface area contributed by atoms with Crippen LogP contribution in [0.3, 0.4) is 0 Å². The molecule has 1 atom stereocenters. The number of rotatable bonds is 10. The van der Waals surface area contributed by atoms with Crippen LogP contribution in [0.25, 0.3) is 0 Å². The molecule has 0 aliphatic carbocycles. The third-order valence-electron chi connectivity index (χ3n) is 3.15. The van der Waals surface area contributed by atoms with Crippen LogP contribution in [-0.2, 0) is 0 Å². The molecule has 0 saturated heterocycles. The Morgan fingerprint density at radius 3 is 2.40 bits per heavy atom. The number of alkyl halides is 1. The summed E-state index contributed by atoms with van der Waals surface area (Å²) < 4.78 is 11.0. The topological polar surface area (TPSA) is 58.9 Å². The minimum absolute atomic E-state index is 0.0593. The van der Waals surface area contributed by atoms with Gasteiger partial charge in [0.2, 0.25) is 0 Å². The molecule has 0 radical (unpaired) electrons. The van der Waals surface area contributed by atoms with Crippen LogP contribution in [0.4, 0.5) is 0 Å². The molecular weight excluding hydrogens is 383 g/mol. The normalized spacial score (nSPS) is 12.0. The van der Waals surface area contributed by atoms with Crippen molar-refractivity contribution in [1.82, 2.24) is 0 Å². The summed E-state index contributed by atoms with van der Waals surface area (Å²) in [4.78, 5) is 2.03. The zero-order chi connectivity index (χ0) is 18.1. The van der Waals surface area contributed by atoms with E-state index in [0.29, 0.717) is 29.0 Å². The molecule has 1 unspecified atom stereocenters. The second-order valence-corrected chi connectivity index (χ2v) is 7.14. The molecule has 2 aromatic rings. The van der Waals surface area contributed by atoms with E-state index in [1.54, 1.807) is 11.8 Å². The molecule has 7 heteroatoms. The average Bonchev–Trinajstić information content (AvgIpc) is 2.63. The zero-order valence-corrected chi connectivity index (χ0v) is 15.9. The summed E-state index contributed by atoms with van der Waals surface area (Å²) in [6, 6.07) is 13.1. The maximum Gasteiger partial charge on any atom is 0.137 e. The fraction of sp³-hybridized carbons (Fsp3) is 0.333. The zero-order valence-electron chi connectivity index (χ0n) is 13.5. The number of halogens is 2. The van der Waals surface area contributed by atoms with Crippen molar-refractivity contribution >= 4 is 35.0 Å². The van der Waals surface area contributed by atoms with Gasteiger partial charge in [-0.1, -0.05) is 23.4 Å². The van der Waals surface area contributed by atoms with E-state index in [2.05, 4.69) is 0 Å². The largest absolute Gasteiger partial charge is 0.492 e. The molecule has 25 heavy (non-hydrogen) atoms. The number of hydrogen-bond donors (Lipinski definition) is 2. The maximum absolute atomic E-state index is 9.28. The summed E-state index contributed by atoms with van der Waals surface area (Å²) in [5.41, 5.74) is 0. The average molecular weight is 403 g/mol. The van der Waals surface area contributed by atoms with Crippen LogP contribution < -0.4 is 9.47 Å². The van der Waals surface area contributed by atoms with Gasteiger partial charge in [-0.2, -0.15) is 0 Å². The Bertz CT molecular complexity index is 652. The SMILES string of the molecule is OCC(O)COc1ccc(Sc2ccc(OCCCCl)c(Cl)c2)cc1. The lowest BCUT2D eigenvalue weighted by Crippen LogP contribution is -2.21. The van der Waals surface area contributed by atoms with Gasteiger partial charge in [0, 0.05) is 15.7 Å². The molecule has 0 amide bonds. The lowest BCUT2D eigenvalue weighted by molar-refractivity contribution is 0.0536. The molecule has 2 aromatic carbocycles. The Hall–Kier alpha value is -1.11. The van der Waals surface area contributed by atoms with E-state index in [-0.39, 0.29) is 13.2 Å². The first-order chi connectivity index (χ1) is 12.1. The van der Waals surface area contributed by atoms with Crippen LogP contribution in [0.15, 0.2) is 52.3 Å². The van der Waals surface area contributed by atoms with Crippen LogP contribution in [0.2, 0.25) is 5.02 Å². The van der Waals surface area contributed by atoms with Crippen molar-refractivity contribution < 1.29 is 19.7 Å². The minimum Gasteiger partial charge on any atom is -0.492 e. The number of ether oxygens (including phenoxy) is 2. The van der Waals surface area contributed by atoms with Crippen LogP contribution >= 0.6 is 35.0 Å². The summed E-state index contributed by atoms with van der Waals surface area (Å²) in [6.45, 7) is 0.284. The van der Waals surface area contributed by atoms with Crippen LogP contribution in [-0.4, -0.2) is 42.0 Å². The van der Waals surface area contributed by atoms with E-state index in [4.69, 9.17) is 37.8 Å². The van der Waals surface area contributed by atoms with Gasteiger partial charge in [-0.25, -0.2) is 0 Å². The van der Waals surface area contributed by atoms with Gasteiger partial charge in [0.1, 0.15) is 24.2 Å². The van der Waals surface area contributed by atoms with Crippen molar-refractivity contribution in [1.29, 1.82) is 0 Å². The van der Waals surface area contributed by atoms with Crippen LogP contribution in [0.5, 0.6) is 11.5 Å². The first kappa shape index (κ1) is 20.2. The standard InChI is InChI=1S/C18H20Cl2O4S/c19-8-1-9-23-18-7-6-16(10-17(18)20)25-15-4-2-14(3-5-15)24-12-13(22)11-21/h2-7,10,13,21-22H,1,8-9,11-12H2. The van der Waals surface area contributed by atoms with Gasteiger partial charge in [-0.05, 0) is 48.9 Å². The first-order valence-electron chi connectivity index (χ1n) is 7.80. The van der Waals surface area contributed by atoms with Gasteiger partial charge in [0.05, 0.1) is 18.2 Å². The second kappa shape index (κ2) is 10.8. The lowest BCUT2D eigenvalue weighted by atomic mass is 10.3. The molecule has 0 fully saturated rings. The highest BCUT2D eigenvalue weighted by Gasteiger charge is 2.06. The minimum atomic E-state index is -0.874. The van der Waals surface area contributed by atoms with Crippen molar-refractivity contribution in [2.75, 3.05) is 25.7 Å². The highest BCUT2D eigenvalue weighted by atomic mass is 35.5. The Morgan fingerprint density at radius 2 is 1.76 bits per heavy atom. The molecule has 136 valence electrons. The van der Waals surface area contributed by atoms with E-state index in [9.17, 15) is 5.11 Å². The quantitative estimate of drug-likeness (QED) is 0.459. The number of aliphatic hydroxyl groups is 2. The summed E-state index contributed by atoms with van der Waals surface area (Å²) in [5.74, 6) is 1.85. The molecule has 0 heterocycles. The third kappa shape index (κ3) is 6.96. The first-order valence-corrected chi connectivity index (χ1v) is 9.53. The summed E-state index contributed by atoms with van der Waals surface area (Å²) in [7, 11) is 0. The molecular formula is C18H20Cl2O4S. The number of benzene rings is 2. The molecule has 4 nitrogen and oxygen atoms in total. The Kier molecular flexibility index (Phi) is 8.72. The predicted molar refractivity (Wildman–Crippen MR) is 101 cm³/mol. The monoisotopic (exact) mass is 402 g/mol. The Morgan fingerprint density at radius 1 is 1.04 bits per heavy atom. The van der Waals surface area contributed by atoms with Crippen molar-refractivity contribution in [3.05, 3.63) is 47.5 Å². The number of aliphatic hydroxyl groups excluding tert-OH is 2. The van der Waals surface area contributed by atoms with Gasteiger partial charge in [-0.3, -0.25) is 0 Å². The fourth-order valence-electron chi connectivity index (χ4n) is 1.88. The van der Waals surface area contributed by atoms with Crippen LogP contribution in [0.1, 0.15) is 6.42 Å². The van der Waals surface area contributed by atoms with E-state index in [0.717, 1.165) is 16.2 Å². The van der Waals surface area contributed by atoms with E-state index in [1.807, 2.05) is 42.5 Å². The summed E-state index contributed by atoms with van der Waals surface area (Å²) >= 11 is 13.4. The van der Waals surface area contributed by atoms with Gasteiger partial charge in [-0.15, -0.1) is 11.6 Å². The van der Waals surface area contributed by atoms with Crippen molar-refractivity contribution in [2.45, 2.75) is 22.3 Å². The highest BCUT2D eigenvalue weighted by Crippen LogP contribution is 2.34. The summed E-state index contributed by atoms with van der Waals surface area (Å²) in [6.07, 6.45) is -0.0978. The molecule has 0 bridgehead atoms. The van der Waals surface area contributed by atoms with Gasteiger partial charge >= 0.3 is 0 Å². The molecule has 0 aromatic heterocycles. The third-order valence-corrected chi connectivity index (χ3v) is 4.71. The molecule has 2 rings (SSSR count). The molecule has 0 spiro atoms. The molecule has 0 aliphatic rings. The molecule has 2 N–H and O–H groups in total. The smallest absolute Gasteiger partial charge is 0.137 e. The highest BCUT2D eigenvalue weighted by molar-refractivity contribution is 7.99.